The van der Waals surface area contributed by atoms with Crippen molar-refractivity contribution in [1.29, 1.82) is 0 Å². The Morgan fingerprint density at radius 2 is 2.19 bits per heavy atom. The predicted molar refractivity (Wildman–Crippen MR) is 81.8 cm³/mol. The Morgan fingerprint density at radius 1 is 1.43 bits per heavy atom. The second-order valence-electron chi connectivity index (χ2n) is 5.17. The van der Waals surface area contributed by atoms with E-state index in [1.807, 2.05) is 11.8 Å². The Balaban J connectivity index is 2.34. The Labute approximate surface area is 124 Å². The normalized spacial score (nSPS) is 19.6. The van der Waals surface area contributed by atoms with Crippen LogP contribution in [0.25, 0.3) is 0 Å². The molecule has 1 aliphatic heterocycles. The predicted octanol–water partition coefficient (Wildman–Crippen LogP) is 1.35. The van der Waals surface area contributed by atoms with Crippen molar-refractivity contribution in [2.45, 2.75) is 26.3 Å². The van der Waals surface area contributed by atoms with Crippen LogP contribution in [0.3, 0.4) is 0 Å². The minimum atomic E-state index is -0.396. The van der Waals surface area contributed by atoms with Crippen molar-refractivity contribution >= 4 is 17.3 Å². The minimum Gasteiger partial charge on any atom is -0.364 e. The summed E-state index contributed by atoms with van der Waals surface area (Å²) < 4.78 is 0. The molecular weight excluding hydrogens is 272 g/mol. The molecule has 0 amide bonds. The van der Waals surface area contributed by atoms with Crippen molar-refractivity contribution in [3.63, 3.8) is 0 Å². The van der Waals surface area contributed by atoms with Crippen LogP contribution in [0.5, 0.6) is 0 Å². The highest BCUT2D eigenvalue weighted by molar-refractivity contribution is 5.70. The van der Waals surface area contributed by atoms with Gasteiger partial charge in [-0.2, -0.15) is 0 Å². The first-order valence-electron chi connectivity index (χ1n) is 7.26. The molecule has 1 saturated heterocycles. The molecule has 0 aromatic carbocycles. The van der Waals surface area contributed by atoms with Crippen LogP contribution in [0.15, 0.2) is 6.33 Å². The van der Waals surface area contributed by atoms with Crippen molar-refractivity contribution < 1.29 is 4.92 Å². The molecule has 2 heterocycles. The summed E-state index contributed by atoms with van der Waals surface area (Å²) in [6, 6.07) is 0.385. The van der Waals surface area contributed by atoms with Crippen molar-refractivity contribution in [3.05, 3.63) is 16.4 Å². The van der Waals surface area contributed by atoms with Gasteiger partial charge in [0, 0.05) is 32.2 Å². The van der Waals surface area contributed by atoms with E-state index in [2.05, 4.69) is 34.2 Å². The zero-order valence-corrected chi connectivity index (χ0v) is 12.7. The summed E-state index contributed by atoms with van der Waals surface area (Å²) in [6.45, 7) is 6.94. The van der Waals surface area contributed by atoms with E-state index >= 15 is 0 Å². The molecule has 21 heavy (non-hydrogen) atoms. The highest BCUT2D eigenvalue weighted by Gasteiger charge is 2.31. The third kappa shape index (κ3) is 3.21. The van der Waals surface area contributed by atoms with Gasteiger partial charge >= 0.3 is 5.69 Å². The molecule has 1 aliphatic rings. The standard InChI is InChI=1S/C13H22N6O2/c1-4-10-8-18(7-6-17(10)3)13-11(19(20)21)12(14-5-2)15-9-16-13/h9-10H,4-8H2,1-3H3,(H,14,15,16). The molecule has 116 valence electrons. The third-order valence-corrected chi connectivity index (χ3v) is 3.88. The van der Waals surface area contributed by atoms with Crippen LogP contribution in [-0.2, 0) is 0 Å². The fraction of sp³-hybridized carbons (Fsp3) is 0.692. The molecule has 8 nitrogen and oxygen atoms in total. The summed E-state index contributed by atoms with van der Waals surface area (Å²) >= 11 is 0. The number of aromatic nitrogens is 2. The monoisotopic (exact) mass is 294 g/mol. The number of hydrogen-bond acceptors (Lipinski definition) is 7. The van der Waals surface area contributed by atoms with E-state index in [1.54, 1.807) is 0 Å². The van der Waals surface area contributed by atoms with Crippen molar-refractivity contribution in [3.8, 4) is 0 Å². The van der Waals surface area contributed by atoms with Crippen molar-refractivity contribution in [2.75, 3.05) is 43.4 Å². The molecule has 1 fully saturated rings. The van der Waals surface area contributed by atoms with Gasteiger partial charge in [0.15, 0.2) is 0 Å². The van der Waals surface area contributed by atoms with Crippen LogP contribution in [0.4, 0.5) is 17.3 Å². The molecule has 1 unspecified atom stereocenters. The molecule has 1 aromatic heterocycles. The topological polar surface area (TPSA) is 87.4 Å². The number of nitrogens with zero attached hydrogens (tertiary/aromatic N) is 5. The van der Waals surface area contributed by atoms with Crippen LogP contribution in [0.1, 0.15) is 20.3 Å². The Bertz CT molecular complexity index is 509. The molecule has 8 heteroatoms. The average Bonchev–Trinajstić information content (AvgIpc) is 2.47. The lowest BCUT2D eigenvalue weighted by molar-refractivity contribution is -0.383. The van der Waals surface area contributed by atoms with Gasteiger partial charge in [0.25, 0.3) is 0 Å². The van der Waals surface area contributed by atoms with E-state index in [1.165, 1.54) is 6.33 Å². The van der Waals surface area contributed by atoms with Crippen LogP contribution in [-0.4, -0.2) is 59.1 Å². The maximum Gasteiger partial charge on any atom is 0.353 e. The fourth-order valence-corrected chi connectivity index (χ4v) is 2.65. The molecule has 0 aliphatic carbocycles. The lowest BCUT2D eigenvalue weighted by atomic mass is 10.1. The zero-order chi connectivity index (χ0) is 15.4. The number of anilines is 2. The molecular formula is C13H22N6O2. The zero-order valence-electron chi connectivity index (χ0n) is 12.7. The fourth-order valence-electron chi connectivity index (χ4n) is 2.65. The molecule has 0 saturated carbocycles. The summed E-state index contributed by atoms with van der Waals surface area (Å²) in [4.78, 5) is 23.5. The van der Waals surface area contributed by atoms with Gasteiger partial charge in [-0.1, -0.05) is 6.92 Å². The molecule has 0 radical (unpaired) electrons. The molecule has 1 N–H and O–H groups in total. The number of rotatable bonds is 5. The van der Waals surface area contributed by atoms with Gasteiger partial charge in [0.05, 0.1) is 4.92 Å². The van der Waals surface area contributed by atoms with Crippen LogP contribution in [0.2, 0.25) is 0 Å². The second kappa shape index (κ2) is 6.66. The molecule has 1 atom stereocenters. The van der Waals surface area contributed by atoms with Gasteiger partial charge in [0.1, 0.15) is 6.33 Å². The Kier molecular flexibility index (Phi) is 4.89. The largest absolute Gasteiger partial charge is 0.364 e. The Hall–Kier alpha value is -1.96. The summed E-state index contributed by atoms with van der Waals surface area (Å²) in [7, 11) is 2.09. The van der Waals surface area contributed by atoms with E-state index in [9.17, 15) is 10.1 Å². The summed E-state index contributed by atoms with van der Waals surface area (Å²) in [6.07, 6.45) is 2.39. The van der Waals surface area contributed by atoms with Gasteiger partial charge in [-0.05, 0) is 20.4 Å². The second-order valence-corrected chi connectivity index (χ2v) is 5.17. The van der Waals surface area contributed by atoms with E-state index in [0.29, 0.717) is 24.2 Å². The SMILES string of the molecule is CCNc1ncnc(N2CCN(C)C(CC)C2)c1[N+](=O)[O-]. The first-order chi connectivity index (χ1) is 10.1. The minimum absolute atomic E-state index is 0.0289. The van der Waals surface area contributed by atoms with Gasteiger partial charge in [0.2, 0.25) is 11.6 Å². The molecule has 0 bridgehead atoms. The summed E-state index contributed by atoms with van der Waals surface area (Å²) in [5.41, 5.74) is -0.0289. The average molecular weight is 294 g/mol. The quantitative estimate of drug-likeness (QED) is 0.647. The summed E-state index contributed by atoms with van der Waals surface area (Å²) in [5.74, 6) is 0.706. The molecule has 0 spiro atoms. The van der Waals surface area contributed by atoms with Gasteiger partial charge in [-0.15, -0.1) is 0 Å². The van der Waals surface area contributed by atoms with Crippen LogP contribution >= 0.6 is 0 Å². The number of hydrogen-bond donors (Lipinski definition) is 1. The van der Waals surface area contributed by atoms with E-state index < -0.39 is 4.92 Å². The first kappa shape index (κ1) is 15.4. The number of nitrogens with one attached hydrogen (secondary N) is 1. The van der Waals surface area contributed by atoms with E-state index in [0.717, 1.165) is 26.1 Å². The number of piperazine rings is 1. The van der Waals surface area contributed by atoms with Crippen LogP contribution < -0.4 is 10.2 Å². The van der Waals surface area contributed by atoms with Gasteiger partial charge in [-0.25, -0.2) is 9.97 Å². The molecule has 1 aromatic rings. The van der Waals surface area contributed by atoms with Crippen molar-refractivity contribution in [1.82, 2.24) is 14.9 Å². The van der Waals surface area contributed by atoms with E-state index in [4.69, 9.17) is 0 Å². The number of likely N-dealkylation sites (N-methyl/N-ethyl adjacent to an activating group) is 1. The highest BCUT2D eigenvalue weighted by Crippen LogP contribution is 2.32. The Morgan fingerprint density at radius 3 is 2.81 bits per heavy atom. The smallest absolute Gasteiger partial charge is 0.353 e. The van der Waals surface area contributed by atoms with Gasteiger partial charge in [-0.3, -0.25) is 15.0 Å². The maximum absolute atomic E-state index is 11.4. The lowest BCUT2D eigenvalue weighted by Gasteiger charge is -2.39. The molecule has 2 rings (SSSR count). The van der Waals surface area contributed by atoms with Gasteiger partial charge < -0.3 is 10.2 Å². The summed E-state index contributed by atoms with van der Waals surface area (Å²) in [5, 5.41) is 14.4. The van der Waals surface area contributed by atoms with Crippen LogP contribution in [0, 0.1) is 10.1 Å². The maximum atomic E-state index is 11.4. The van der Waals surface area contributed by atoms with Crippen molar-refractivity contribution in [2.24, 2.45) is 0 Å². The lowest BCUT2D eigenvalue weighted by Crippen LogP contribution is -2.51. The first-order valence-corrected chi connectivity index (χ1v) is 7.26. The van der Waals surface area contributed by atoms with E-state index in [-0.39, 0.29) is 5.69 Å². The highest BCUT2D eigenvalue weighted by atomic mass is 16.6. The number of nitro groups is 1. The third-order valence-electron chi connectivity index (χ3n) is 3.88.